The number of aryl methyl sites for hydroxylation is 1. The van der Waals surface area contributed by atoms with Gasteiger partial charge in [0, 0.05) is 36.3 Å². The zero-order valence-electron chi connectivity index (χ0n) is 26.0. The minimum atomic E-state index is -3.99. The van der Waals surface area contributed by atoms with Gasteiger partial charge in [-0.3, -0.25) is 4.72 Å². The van der Waals surface area contributed by atoms with E-state index in [1.165, 1.54) is 18.5 Å². The van der Waals surface area contributed by atoms with Gasteiger partial charge in [-0.15, -0.1) is 0 Å². The van der Waals surface area contributed by atoms with Gasteiger partial charge in [-0.2, -0.15) is 5.10 Å². The number of amides is 1. The van der Waals surface area contributed by atoms with E-state index in [1.54, 1.807) is 33.8 Å². The Labute approximate surface area is 272 Å². The fourth-order valence-electron chi connectivity index (χ4n) is 5.55. The van der Waals surface area contributed by atoms with Crippen LogP contribution in [0.2, 0.25) is 5.02 Å². The fourth-order valence-corrected chi connectivity index (χ4v) is 7.10. The first-order valence-corrected chi connectivity index (χ1v) is 16.9. The van der Waals surface area contributed by atoms with Gasteiger partial charge in [-0.1, -0.05) is 30.7 Å². The van der Waals surface area contributed by atoms with E-state index in [-0.39, 0.29) is 27.9 Å². The standard InChI is InChI=1S/C32H35ClN8O4S/c1-5-20-15-21(25-12-13-26-29(35-19-36-41(25)26)39-46(43,44)27-11-7-6-10-24(27)33)16-22-17-34-30(38-28(20)22)37-23-9-8-14-40(18-23)31(42)45-32(2,3)4/h6-7,10-13,15-17,19,23H,5,8-9,14,18H2,1-4H3,(H,34,37,38)(H,35,36,39)/t23-/m0/s1. The van der Waals surface area contributed by atoms with Crippen LogP contribution in [0, 0.1) is 0 Å². The number of nitrogens with one attached hydrogen (secondary N) is 2. The number of carbonyl (C=O) groups is 1. The van der Waals surface area contributed by atoms with Gasteiger partial charge in [0.25, 0.3) is 10.0 Å². The van der Waals surface area contributed by atoms with Gasteiger partial charge in [0.15, 0.2) is 5.82 Å². The predicted molar refractivity (Wildman–Crippen MR) is 178 cm³/mol. The lowest BCUT2D eigenvalue weighted by Gasteiger charge is -2.34. The topological polar surface area (TPSA) is 144 Å². The Kier molecular flexibility index (Phi) is 8.47. The van der Waals surface area contributed by atoms with E-state index in [9.17, 15) is 13.2 Å². The Morgan fingerprint density at radius 2 is 1.93 bits per heavy atom. The molecule has 1 saturated heterocycles. The van der Waals surface area contributed by atoms with E-state index >= 15 is 0 Å². The largest absolute Gasteiger partial charge is 0.444 e. The molecule has 3 aromatic heterocycles. The Balaban J connectivity index is 1.26. The second-order valence-electron chi connectivity index (χ2n) is 12.2. The lowest BCUT2D eigenvalue weighted by atomic mass is 10.0. The molecule has 2 aromatic carbocycles. The molecule has 0 unspecified atom stereocenters. The molecule has 1 atom stereocenters. The average Bonchev–Trinajstić information content (AvgIpc) is 3.45. The lowest BCUT2D eigenvalue weighted by molar-refractivity contribution is 0.0206. The number of sulfonamides is 1. The zero-order valence-corrected chi connectivity index (χ0v) is 27.6. The third-order valence-corrected chi connectivity index (χ3v) is 9.49. The first-order chi connectivity index (χ1) is 21.9. The predicted octanol–water partition coefficient (Wildman–Crippen LogP) is 6.17. The van der Waals surface area contributed by atoms with E-state index in [1.807, 2.05) is 32.9 Å². The molecule has 1 aliphatic rings. The average molecular weight is 663 g/mol. The zero-order chi connectivity index (χ0) is 32.6. The van der Waals surface area contributed by atoms with Crippen molar-refractivity contribution in [1.29, 1.82) is 0 Å². The molecule has 0 radical (unpaired) electrons. The van der Waals surface area contributed by atoms with E-state index < -0.39 is 15.6 Å². The molecule has 5 aromatic rings. The first kappa shape index (κ1) is 31.5. The summed E-state index contributed by atoms with van der Waals surface area (Å²) in [6.45, 7) is 8.82. The van der Waals surface area contributed by atoms with Crippen molar-refractivity contribution >= 4 is 55.9 Å². The highest BCUT2D eigenvalue weighted by molar-refractivity contribution is 7.92. The van der Waals surface area contributed by atoms with Crippen molar-refractivity contribution in [3.05, 3.63) is 71.6 Å². The van der Waals surface area contributed by atoms with Crippen LogP contribution in [0.5, 0.6) is 0 Å². The maximum Gasteiger partial charge on any atom is 0.410 e. The van der Waals surface area contributed by atoms with E-state index in [0.717, 1.165) is 47.0 Å². The summed E-state index contributed by atoms with van der Waals surface area (Å²) in [5.74, 6) is 0.631. The number of hydrogen-bond acceptors (Lipinski definition) is 9. The number of piperidine rings is 1. The summed E-state index contributed by atoms with van der Waals surface area (Å²) < 4.78 is 36.0. The minimum absolute atomic E-state index is 0.000582. The normalized spacial score (nSPS) is 15.7. The molecule has 0 saturated carbocycles. The number of aromatic nitrogens is 5. The van der Waals surface area contributed by atoms with Crippen molar-refractivity contribution in [2.75, 3.05) is 23.1 Å². The van der Waals surface area contributed by atoms with E-state index in [4.69, 9.17) is 21.3 Å². The second kappa shape index (κ2) is 12.4. The number of ether oxygens (including phenoxy) is 1. The lowest BCUT2D eigenvalue weighted by Crippen LogP contribution is -2.47. The summed E-state index contributed by atoms with van der Waals surface area (Å²) in [4.78, 5) is 28.0. The van der Waals surface area contributed by atoms with Crippen LogP contribution in [-0.4, -0.2) is 68.7 Å². The van der Waals surface area contributed by atoms with Gasteiger partial charge in [0.1, 0.15) is 22.3 Å². The molecular formula is C32H35ClN8O4S. The summed E-state index contributed by atoms with van der Waals surface area (Å²) >= 11 is 6.16. The molecule has 0 bridgehead atoms. The third-order valence-electron chi connectivity index (χ3n) is 7.65. The first-order valence-electron chi connectivity index (χ1n) is 15.1. The summed E-state index contributed by atoms with van der Waals surface area (Å²) in [7, 11) is -3.99. The SMILES string of the molecule is CCc1cc(-c2ccc3c(NS(=O)(=O)c4ccccc4Cl)ncnn23)cc2cnc(N[C@H]3CCCN(C(=O)OC(C)(C)C)C3)nc12. The number of benzene rings is 2. The smallest absolute Gasteiger partial charge is 0.410 e. The van der Waals surface area contributed by atoms with Crippen molar-refractivity contribution in [3.8, 4) is 11.3 Å². The van der Waals surface area contributed by atoms with Crippen molar-refractivity contribution < 1.29 is 17.9 Å². The third kappa shape index (κ3) is 6.56. The molecule has 6 rings (SSSR count). The highest BCUT2D eigenvalue weighted by Gasteiger charge is 2.28. The number of halogens is 1. The van der Waals surface area contributed by atoms with Crippen molar-refractivity contribution in [2.45, 2.75) is 63.5 Å². The number of carbonyl (C=O) groups excluding carboxylic acids is 1. The van der Waals surface area contributed by atoms with E-state index in [0.29, 0.717) is 24.6 Å². The number of nitrogens with zero attached hydrogens (tertiary/aromatic N) is 6. The number of rotatable bonds is 7. The molecule has 14 heteroatoms. The minimum Gasteiger partial charge on any atom is -0.444 e. The van der Waals surface area contributed by atoms with Crippen LogP contribution in [0.3, 0.4) is 0 Å². The molecule has 1 fully saturated rings. The summed E-state index contributed by atoms with van der Waals surface area (Å²) in [6.07, 6.45) is 5.24. The maximum atomic E-state index is 13.1. The van der Waals surface area contributed by atoms with Crippen LogP contribution in [0.25, 0.3) is 27.7 Å². The van der Waals surface area contributed by atoms with Gasteiger partial charge < -0.3 is 15.0 Å². The quantitative estimate of drug-likeness (QED) is 0.209. The molecule has 46 heavy (non-hydrogen) atoms. The van der Waals surface area contributed by atoms with Crippen LogP contribution >= 0.6 is 11.6 Å². The molecule has 12 nitrogen and oxygen atoms in total. The van der Waals surface area contributed by atoms with Crippen LogP contribution < -0.4 is 10.0 Å². The second-order valence-corrected chi connectivity index (χ2v) is 14.2. The fraction of sp³-hybridized carbons (Fsp3) is 0.344. The van der Waals surface area contributed by atoms with Gasteiger partial charge in [-0.05, 0) is 82.0 Å². The summed E-state index contributed by atoms with van der Waals surface area (Å²) in [5.41, 5.74) is 3.39. The molecule has 0 spiro atoms. The molecule has 1 amide bonds. The van der Waals surface area contributed by atoms with Crippen LogP contribution in [0.1, 0.15) is 46.1 Å². The number of hydrogen-bond donors (Lipinski definition) is 2. The van der Waals surface area contributed by atoms with Gasteiger partial charge >= 0.3 is 6.09 Å². The molecule has 0 aliphatic carbocycles. The molecule has 4 heterocycles. The van der Waals surface area contributed by atoms with E-state index in [2.05, 4.69) is 38.1 Å². The molecular weight excluding hydrogens is 628 g/mol. The van der Waals surface area contributed by atoms with Crippen LogP contribution in [0.4, 0.5) is 16.6 Å². The Hall–Kier alpha value is -4.49. The monoisotopic (exact) mass is 662 g/mol. The van der Waals surface area contributed by atoms with Crippen LogP contribution in [-0.2, 0) is 21.2 Å². The van der Waals surface area contributed by atoms with Crippen molar-refractivity contribution in [2.24, 2.45) is 0 Å². The molecule has 2 N–H and O–H groups in total. The van der Waals surface area contributed by atoms with Crippen molar-refractivity contribution in [1.82, 2.24) is 29.5 Å². The van der Waals surface area contributed by atoms with Gasteiger partial charge in [0.2, 0.25) is 5.95 Å². The Bertz CT molecular complexity index is 2040. The Morgan fingerprint density at radius 3 is 2.70 bits per heavy atom. The molecule has 1 aliphatic heterocycles. The number of anilines is 2. The summed E-state index contributed by atoms with van der Waals surface area (Å²) in [5, 5.41) is 8.80. The summed E-state index contributed by atoms with van der Waals surface area (Å²) in [6, 6.07) is 13.9. The number of likely N-dealkylation sites (tertiary alicyclic amines) is 1. The maximum absolute atomic E-state index is 13.1. The van der Waals surface area contributed by atoms with Gasteiger partial charge in [-0.25, -0.2) is 32.7 Å². The highest BCUT2D eigenvalue weighted by Crippen LogP contribution is 2.31. The highest BCUT2D eigenvalue weighted by atomic mass is 35.5. The Morgan fingerprint density at radius 1 is 1.13 bits per heavy atom. The van der Waals surface area contributed by atoms with Crippen molar-refractivity contribution in [3.63, 3.8) is 0 Å². The van der Waals surface area contributed by atoms with Gasteiger partial charge in [0.05, 0.1) is 16.2 Å². The van der Waals surface area contributed by atoms with Crippen LogP contribution in [0.15, 0.2) is 66.0 Å². The molecule has 240 valence electrons. The number of fused-ring (bicyclic) bond motifs is 2.